The Kier molecular flexibility index (Phi) is 9.11. The first-order valence-corrected chi connectivity index (χ1v) is 9.96. The number of carbonyl (C=O) groups is 1. The molecule has 4 atom stereocenters. The molecular weight excluding hydrogens is 368 g/mol. The Balaban J connectivity index is 1.86. The van der Waals surface area contributed by atoms with Crippen LogP contribution >= 0.6 is 11.6 Å². The van der Waals surface area contributed by atoms with E-state index in [0.29, 0.717) is 25.9 Å². The van der Waals surface area contributed by atoms with Crippen LogP contribution < -0.4 is 4.74 Å². The van der Waals surface area contributed by atoms with Crippen LogP contribution in [0, 0.1) is 11.8 Å². The van der Waals surface area contributed by atoms with Gasteiger partial charge in [-0.1, -0.05) is 24.3 Å². The Labute approximate surface area is 165 Å². The largest absolute Gasteiger partial charge is 0.493 e. The van der Waals surface area contributed by atoms with E-state index in [0.717, 1.165) is 24.2 Å². The number of aliphatic hydroxyl groups excluding tert-OH is 2. The summed E-state index contributed by atoms with van der Waals surface area (Å²) in [6.07, 6.45) is 6.96. The zero-order valence-corrected chi connectivity index (χ0v) is 16.2. The Morgan fingerprint density at radius 2 is 2.11 bits per heavy atom. The summed E-state index contributed by atoms with van der Waals surface area (Å²) >= 11 is 6.44. The number of halogens is 1. The predicted molar refractivity (Wildman–Crippen MR) is 105 cm³/mol. The maximum atomic E-state index is 10.5. The minimum Gasteiger partial charge on any atom is -0.493 e. The van der Waals surface area contributed by atoms with Crippen molar-refractivity contribution in [3.63, 3.8) is 0 Å². The fraction of sp³-hybridized carbons (Fsp3) is 0.571. The van der Waals surface area contributed by atoms with Gasteiger partial charge in [0, 0.05) is 24.3 Å². The molecule has 150 valence electrons. The molecule has 2 rings (SSSR count). The number of hydrogen-bond acceptors (Lipinski definition) is 4. The van der Waals surface area contributed by atoms with E-state index in [1.54, 1.807) is 0 Å². The van der Waals surface area contributed by atoms with Crippen LogP contribution in [0.5, 0.6) is 5.75 Å². The molecular formula is C21H29ClO5. The summed E-state index contributed by atoms with van der Waals surface area (Å²) in [6.45, 7) is 0.490. The molecule has 0 aromatic heterocycles. The summed E-state index contributed by atoms with van der Waals surface area (Å²) in [5, 5.41) is 28.0. The molecule has 6 heteroatoms. The van der Waals surface area contributed by atoms with Crippen molar-refractivity contribution in [1.82, 2.24) is 0 Å². The van der Waals surface area contributed by atoms with E-state index < -0.39 is 12.1 Å². The van der Waals surface area contributed by atoms with Gasteiger partial charge in [-0.25, -0.2) is 0 Å². The third kappa shape index (κ3) is 7.17. The number of hydrogen-bond donors (Lipinski definition) is 3. The molecule has 0 heterocycles. The molecule has 0 aliphatic heterocycles. The lowest BCUT2D eigenvalue weighted by Gasteiger charge is -2.22. The summed E-state index contributed by atoms with van der Waals surface area (Å²) < 4.78 is 5.91. The first-order chi connectivity index (χ1) is 13.0. The number of unbranched alkanes of at least 4 members (excludes halogenated alkanes) is 1. The van der Waals surface area contributed by atoms with Gasteiger partial charge in [-0.05, 0) is 55.7 Å². The molecule has 0 radical (unpaired) electrons. The number of allylic oxidation sites excluding steroid dienone is 2. The van der Waals surface area contributed by atoms with Crippen molar-refractivity contribution in [2.45, 2.75) is 50.0 Å². The van der Waals surface area contributed by atoms with Crippen LogP contribution in [0.1, 0.15) is 37.7 Å². The normalized spacial score (nSPS) is 25.1. The van der Waals surface area contributed by atoms with Crippen LogP contribution in [0.2, 0.25) is 0 Å². The molecule has 0 amide bonds. The number of rotatable bonds is 11. The fourth-order valence-corrected chi connectivity index (χ4v) is 4.02. The molecule has 1 aliphatic rings. The minimum atomic E-state index is -0.775. The van der Waals surface area contributed by atoms with E-state index in [9.17, 15) is 9.90 Å². The zero-order chi connectivity index (χ0) is 19.6. The van der Waals surface area contributed by atoms with Crippen LogP contribution in [0.15, 0.2) is 36.4 Å². The maximum absolute atomic E-state index is 10.5. The lowest BCUT2D eigenvalue weighted by molar-refractivity contribution is -0.137. The number of aliphatic hydroxyl groups is 2. The molecule has 0 unspecified atom stereocenters. The molecule has 0 saturated heterocycles. The SMILES string of the molecule is O=C(O)CCCC=CC[C@@H]1[C@@H](COc2cccc(CCO)c2)[C@H](O)C[C@H]1Cl. The van der Waals surface area contributed by atoms with Gasteiger partial charge in [-0.15, -0.1) is 11.6 Å². The van der Waals surface area contributed by atoms with Crippen molar-refractivity contribution in [3.05, 3.63) is 42.0 Å². The smallest absolute Gasteiger partial charge is 0.303 e. The van der Waals surface area contributed by atoms with Gasteiger partial charge in [0.25, 0.3) is 0 Å². The monoisotopic (exact) mass is 396 g/mol. The average molecular weight is 397 g/mol. The molecule has 1 aliphatic carbocycles. The molecule has 3 N–H and O–H groups in total. The summed E-state index contributed by atoms with van der Waals surface area (Å²) in [4.78, 5) is 10.5. The van der Waals surface area contributed by atoms with Crippen molar-refractivity contribution < 1.29 is 24.9 Å². The molecule has 27 heavy (non-hydrogen) atoms. The molecule has 1 aromatic carbocycles. The van der Waals surface area contributed by atoms with Crippen LogP contribution in [0.25, 0.3) is 0 Å². The van der Waals surface area contributed by atoms with Gasteiger partial charge in [0.05, 0.1) is 12.7 Å². The van der Waals surface area contributed by atoms with E-state index in [4.69, 9.17) is 26.6 Å². The number of ether oxygens (including phenoxy) is 1. The van der Waals surface area contributed by atoms with E-state index in [-0.39, 0.29) is 30.2 Å². The topological polar surface area (TPSA) is 87.0 Å². The summed E-state index contributed by atoms with van der Waals surface area (Å²) in [5.41, 5.74) is 1.01. The van der Waals surface area contributed by atoms with Crippen molar-refractivity contribution in [2.24, 2.45) is 11.8 Å². The number of alkyl halides is 1. The van der Waals surface area contributed by atoms with Crippen molar-refractivity contribution in [1.29, 1.82) is 0 Å². The third-order valence-corrected chi connectivity index (χ3v) is 5.55. The highest BCUT2D eigenvalue weighted by Crippen LogP contribution is 2.39. The molecule has 1 fully saturated rings. The van der Waals surface area contributed by atoms with E-state index in [1.807, 2.05) is 36.4 Å². The van der Waals surface area contributed by atoms with Gasteiger partial charge < -0.3 is 20.1 Å². The highest BCUT2D eigenvalue weighted by atomic mass is 35.5. The maximum Gasteiger partial charge on any atom is 0.303 e. The Morgan fingerprint density at radius 1 is 1.30 bits per heavy atom. The van der Waals surface area contributed by atoms with E-state index >= 15 is 0 Å². The third-order valence-electron chi connectivity index (χ3n) is 5.05. The van der Waals surface area contributed by atoms with Crippen molar-refractivity contribution in [3.8, 4) is 5.75 Å². The number of aliphatic carboxylic acids is 1. The Hall–Kier alpha value is -1.56. The van der Waals surface area contributed by atoms with Gasteiger partial charge in [0.1, 0.15) is 5.75 Å². The molecule has 1 aromatic rings. The van der Waals surface area contributed by atoms with Gasteiger partial charge in [0.15, 0.2) is 0 Å². The van der Waals surface area contributed by atoms with Crippen LogP contribution in [-0.2, 0) is 11.2 Å². The van der Waals surface area contributed by atoms with Crippen molar-refractivity contribution >= 4 is 17.6 Å². The summed E-state index contributed by atoms with van der Waals surface area (Å²) in [7, 11) is 0. The first kappa shape index (κ1) is 21.7. The van der Waals surface area contributed by atoms with Gasteiger partial charge in [0.2, 0.25) is 0 Å². The second kappa shape index (κ2) is 11.3. The molecule has 0 bridgehead atoms. The van der Waals surface area contributed by atoms with Crippen LogP contribution in [-0.4, -0.2) is 46.0 Å². The fourth-order valence-electron chi connectivity index (χ4n) is 3.55. The van der Waals surface area contributed by atoms with Crippen LogP contribution in [0.4, 0.5) is 0 Å². The average Bonchev–Trinajstić information content (AvgIpc) is 2.89. The Morgan fingerprint density at radius 3 is 2.85 bits per heavy atom. The highest BCUT2D eigenvalue weighted by molar-refractivity contribution is 6.21. The van der Waals surface area contributed by atoms with Crippen LogP contribution in [0.3, 0.4) is 0 Å². The second-order valence-corrected chi connectivity index (χ2v) is 7.63. The molecule has 1 saturated carbocycles. The summed E-state index contributed by atoms with van der Waals surface area (Å²) in [5.74, 6) is 0.0354. The zero-order valence-electron chi connectivity index (χ0n) is 15.5. The van der Waals surface area contributed by atoms with E-state index in [2.05, 4.69) is 0 Å². The molecule has 0 spiro atoms. The van der Waals surface area contributed by atoms with Crippen molar-refractivity contribution in [2.75, 3.05) is 13.2 Å². The second-order valence-electron chi connectivity index (χ2n) is 7.07. The minimum absolute atomic E-state index is 0.0438. The van der Waals surface area contributed by atoms with E-state index in [1.165, 1.54) is 0 Å². The van der Waals surface area contributed by atoms with Gasteiger partial charge in [-0.2, -0.15) is 0 Å². The predicted octanol–water partition coefficient (Wildman–Crippen LogP) is 3.41. The number of carboxylic acids is 1. The quantitative estimate of drug-likeness (QED) is 0.303. The van der Waals surface area contributed by atoms with Gasteiger partial charge in [-0.3, -0.25) is 4.79 Å². The molecule has 5 nitrogen and oxygen atoms in total. The highest BCUT2D eigenvalue weighted by Gasteiger charge is 2.41. The lowest BCUT2D eigenvalue weighted by atomic mass is 9.92. The van der Waals surface area contributed by atoms with Gasteiger partial charge >= 0.3 is 5.97 Å². The summed E-state index contributed by atoms with van der Waals surface area (Å²) in [6, 6.07) is 7.62. The number of carboxylic acid groups (broad SMARTS) is 1. The lowest BCUT2D eigenvalue weighted by Crippen LogP contribution is -2.27. The first-order valence-electron chi connectivity index (χ1n) is 9.52. The number of benzene rings is 1. The standard InChI is InChI=1S/C21H29ClO5/c22-19-13-20(24)18(17(19)8-3-1-2-4-9-21(25)26)14-27-16-7-5-6-15(12-16)10-11-23/h1,3,5-7,12,17-20,23-24H,2,4,8-11,13-14H2,(H,25,26)/t17-,18-,19-,20-/m1/s1. The Bertz CT molecular complexity index is 618.